The van der Waals surface area contributed by atoms with Crippen molar-refractivity contribution in [3.05, 3.63) is 0 Å². The van der Waals surface area contributed by atoms with E-state index in [-0.39, 0.29) is 12.5 Å². The Balaban J connectivity index is 1.74. The summed E-state index contributed by atoms with van der Waals surface area (Å²) in [4.78, 5) is 13.7. The van der Waals surface area contributed by atoms with Gasteiger partial charge in [-0.15, -0.1) is 0 Å². The van der Waals surface area contributed by atoms with E-state index in [2.05, 4.69) is 26.0 Å². The number of carbonyl (C=O) groups excluding carboxylic acids is 1. The minimum Gasteiger partial charge on any atom is -0.375 e. The molecule has 0 radical (unpaired) electrons. The molecular weight excluding hydrogens is 343 g/mol. The summed E-state index contributed by atoms with van der Waals surface area (Å²) in [6, 6.07) is 0. The zero-order chi connectivity index (χ0) is 13.0. The first-order chi connectivity index (χ1) is 8.70. The Morgan fingerprint density at radius 1 is 1.11 bits per heavy atom. The van der Waals surface area contributed by atoms with Crippen LogP contribution in [0.3, 0.4) is 0 Å². The number of halogens is 1. The second kappa shape index (κ2) is 7.05. The summed E-state index contributed by atoms with van der Waals surface area (Å²) in [7, 11) is 1.59. The molecule has 0 aromatic rings. The quantitative estimate of drug-likeness (QED) is 0.565. The van der Waals surface area contributed by atoms with E-state index in [1.165, 1.54) is 38.8 Å². The highest BCUT2D eigenvalue weighted by Crippen LogP contribution is 2.33. The lowest BCUT2D eigenvalue weighted by molar-refractivity contribution is -0.136. The second-order valence-electron chi connectivity index (χ2n) is 5.40. The molecule has 2 rings (SSSR count). The zero-order valence-corrected chi connectivity index (χ0v) is 13.3. The van der Waals surface area contributed by atoms with E-state index in [1.54, 1.807) is 7.11 Å². The van der Waals surface area contributed by atoms with Crippen molar-refractivity contribution in [2.75, 3.05) is 39.9 Å². The van der Waals surface area contributed by atoms with Crippen molar-refractivity contribution in [3.8, 4) is 0 Å². The lowest BCUT2D eigenvalue weighted by atomic mass is 9.79. The van der Waals surface area contributed by atoms with Crippen molar-refractivity contribution in [3.63, 3.8) is 0 Å². The average molecular weight is 366 g/mol. The van der Waals surface area contributed by atoms with Gasteiger partial charge in [-0.1, -0.05) is 0 Å². The molecule has 0 aliphatic carbocycles. The number of nitrogens with zero attached hydrogens (tertiary/aromatic N) is 2. The van der Waals surface area contributed by atoms with E-state index in [0.29, 0.717) is 0 Å². The summed E-state index contributed by atoms with van der Waals surface area (Å²) in [5.41, 5.74) is 0. The molecule has 2 aliphatic rings. The molecule has 2 heterocycles. The Morgan fingerprint density at radius 3 is 2.11 bits per heavy atom. The van der Waals surface area contributed by atoms with Crippen LogP contribution in [0.15, 0.2) is 0 Å². The molecule has 0 saturated carbocycles. The topological polar surface area (TPSA) is 32.8 Å². The van der Waals surface area contributed by atoms with Crippen LogP contribution in [-0.2, 0) is 9.53 Å². The van der Waals surface area contributed by atoms with Gasteiger partial charge in [0.05, 0.1) is 0 Å². The van der Waals surface area contributed by atoms with Gasteiger partial charge in [0.2, 0.25) is 5.91 Å². The normalized spacial score (nSPS) is 24.4. The van der Waals surface area contributed by atoms with Gasteiger partial charge in [0.25, 0.3) is 0 Å². The maximum absolute atomic E-state index is 11.7. The minimum atomic E-state index is 0.151. The van der Waals surface area contributed by atoms with Gasteiger partial charge in [-0.3, -0.25) is 4.79 Å². The van der Waals surface area contributed by atoms with Gasteiger partial charge in [0, 0.05) is 56.2 Å². The van der Waals surface area contributed by atoms with Gasteiger partial charge >= 0.3 is 0 Å². The van der Waals surface area contributed by atoms with Crippen molar-refractivity contribution in [1.82, 2.24) is 8.01 Å². The highest BCUT2D eigenvalue weighted by molar-refractivity contribution is 14.1. The van der Waals surface area contributed by atoms with Crippen molar-refractivity contribution in [2.45, 2.75) is 25.7 Å². The summed E-state index contributed by atoms with van der Waals surface area (Å²) in [6.07, 6.45) is 5.03. The molecule has 0 aromatic carbocycles. The Hall–Kier alpha value is 0.120. The summed E-state index contributed by atoms with van der Waals surface area (Å²) in [6.45, 7) is 4.55. The first kappa shape index (κ1) is 14.5. The minimum absolute atomic E-state index is 0.151. The van der Waals surface area contributed by atoms with Crippen LogP contribution in [0.25, 0.3) is 0 Å². The largest absolute Gasteiger partial charge is 0.375 e. The first-order valence-corrected chi connectivity index (χ1v) is 7.84. The molecule has 104 valence electrons. The third-order valence-corrected chi connectivity index (χ3v) is 5.28. The van der Waals surface area contributed by atoms with Crippen LogP contribution >= 0.6 is 22.9 Å². The second-order valence-corrected chi connectivity index (χ2v) is 6.76. The molecule has 0 spiro atoms. The van der Waals surface area contributed by atoms with Crippen LogP contribution in [0, 0.1) is 11.8 Å². The summed E-state index contributed by atoms with van der Waals surface area (Å²) >= 11 is 2.43. The van der Waals surface area contributed by atoms with Gasteiger partial charge in [0.15, 0.2) is 0 Å². The molecular formula is C13H23IN2O2. The highest BCUT2D eigenvalue weighted by Gasteiger charge is 2.30. The average Bonchev–Trinajstić information content (AvgIpc) is 2.40. The molecule has 2 saturated heterocycles. The maximum atomic E-state index is 11.7. The highest BCUT2D eigenvalue weighted by atomic mass is 127. The predicted octanol–water partition coefficient (Wildman–Crippen LogP) is 1.93. The van der Waals surface area contributed by atoms with Gasteiger partial charge < -0.3 is 9.64 Å². The Kier molecular flexibility index (Phi) is 5.69. The molecule has 1 amide bonds. The van der Waals surface area contributed by atoms with E-state index < -0.39 is 0 Å². The Bertz CT molecular complexity index is 272. The van der Waals surface area contributed by atoms with Crippen LogP contribution in [0.1, 0.15) is 25.7 Å². The molecule has 5 heteroatoms. The molecule has 0 atom stereocenters. The maximum Gasteiger partial charge on any atom is 0.248 e. The molecule has 4 nitrogen and oxygen atoms in total. The van der Waals surface area contributed by atoms with Gasteiger partial charge in [-0.2, -0.15) is 0 Å². The molecule has 0 N–H and O–H groups in total. The standard InChI is InChI=1S/C13H23IN2O2/c1-18-10-13(17)15-6-2-11(3-7-15)12-4-8-16(14)9-5-12/h11-12H,2-10H2,1H3. The number of hydrogen-bond donors (Lipinski definition) is 0. The molecule has 0 bridgehead atoms. The molecule has 2 fully saturated rings. The van der Waals surface area contributed by atoms with E-state index >= 15 is 0 Å². The van der Waals surface area contributed by atoms with Gasteiger partial charge in [-0.05, 0) is 37.5 Å². The number of carbonyl (C=O) groups is 1. The third kappa shape index (κ3) is 3.81. The molecule has 2 aliphatic heterocycles. The van der Waals surface area contributed by atoms with Crippen LogP contribution in [0.4, 0.5) is 0 Å². The Morgan fingerprint density at radius 2 is 1.61 bits per heavy atom. The molecule has 0 unspecified atom stereocenters. The van der Waals surface area contributed by atoms with E-state index in [0.717, 1.165) is 24.9 Å². The van der Waals surface area contributed by atoms with Crippen LogP contribution in [0.2, 0.25) is 0 Å². The number of ether oxygens (including phenoxy) is 1. The summed E-state index contributed by atoms with van der Waals surface area (Å²) < 4.78 is 7.31. The zero-order valence-electron chi connectivity index (χ0n) is 11.1. The van der Waals surface area contributed by atoms with Crippen molar-refractivity contribution >= 4 is 28.8 Å². The lowest BCUT2D eigenvalue weighted by Crippen LogP contribution is -2.42. The number of likely N-dealkylation sites (tertiary alicyclic amines) is 1. The predicted molar refractivity (Wildman–Crippen MR) is 79.5 cm³/mol. The van der Waals surface area contributed by atoms with Crippen LogP contribution in [-0.4, -0.2) is 53.8 Å². The van der Waals surface area contributed by atoms with Crippen molar-refractivity contribution in [2.24, 2.45) is 11.8 Å². The summed E-state index contributed by atoms with van der Waals surface area (Å²) in [5, 5.41) is 0. The monoisotopic (exact) mass is 366 g/mol. The fraction of sp³-hybridized carbons (Fsp3) is 0.923. The Labute approximate surface area is 124 Å². The lowest BCUT2D eigenvalue weighted by Gasteiger charge is -2.38. The van der Waals surface area contributed by atoms with Gasteiger partial charge in [0.1, 0.15) is 6.61 Å². The van der Waals surface area contributed by atoms with E-state index in [9.17, 15) is 4.79 Å². The van der Waals surface area contributed by atoms with Crippen LogP contribution < -0.4 is 0 Å². The number of rotatable bonds is 3. The van der Waals surface area contributed by atoms with Crippen molar-refractivity contribution in [1.29, 1.82) is 0 Å². The van der Waals surface area contributed by atoms with E-state index in [4.69, 9.17) is 4.74 Å². The number of piperidine rings is 2. The van der Waals surface area contributed by atoms with Crippen molar-refractivity contribution < 1.29 is 9.53 Å². The summed E-state index contributed by atoms with van der Waals surface area (Å²) in [5.74, 6) is 1.87. The fourth-order valence-corrected chi connectivity index (χ4v) is 3.73. The van der Waals surface area contributed by atoms with Crippen LogP contribution in [0.5, 0.6) is 0 Å². The van der Waals surface area contributed by atoms with E-state index in [1.807, 2.05) is 4.90 Å². The number of amides is 1. The molecule has 0 aromatic heterocycles. The molecule has 18 heavy (non-hydrogen) atoms. The van der Waals surface area contributed by atoms with Gasteiger partial charge in [-0.25, -0.2) is 3.11 Å². The smallest absolute Gasteiger partial charge is 0.248 e. The SMILES string of the molecule is COCC(=O)N1CCC(C2CCN(I)CC2)CC1. The first-order valence-electron chi connectivity index (χ1n) is 6.88. The fourth-order valence-electron chi connectivity index (χ4n) is 3.17. The number of hydrogen-bond acceptors (Lipinski definition) is 3. The third-order valence-electron chi connectivity index (χ3n) is 4.31. The number of methoxy groups -OCH3 is 1.